The highest BCUT2D eigenvalue weighted by Gasteiger charge is 2.36. The Morgan fingerprint density at radius 1 is 0.926 bits per heavy atom. The molecule has 4 rings (SSSR count). The van der Waals surface area contributed by atoms with E-state index in [1.54, 1.807) is 0 Å². The zero-order valence-corrected chi connectivity index (χ0v) is 15.9. The number of hydrogen-bond acceptors (Lipinski definition) is 2. The zero-order valence-electron chi connectivity index (χ0n) is 15.9. The van der Waals surface area contributed by atoms with Crippen molar-refractivity contribution in [2.24, 2.45) is 0 Å². The van der Waals surface area contributed by atoms with Crippen LogP contribution in [-0.2, 0) is 6.42 Å². The largest absolute Gasteiger partial charge is 0.338 e. The number of urea groups is 1. The molecule has 27 heavy (non-hydrogen) atoms. The Balaban J connectivity index is 1.15. The van der Waals surface area contributed by atoms with Crippen LogP contribution >= 0.6 is 0 Å². The maximum Gasteiger partial charge on any atom is 0.317 e. The molecule has 4 nitrogen and oxygen atoms in total. The number of carbonyl (C=O) groups excluding carboxylic acids is 1. The number of rotatable bonds is 5. The summed E-state index contributed by atoms with van der Waals surface area (Å²) in [5.74, 6) is 0.694. The van der Waals surface area contributed by atoms with E-state index in [4.69, 9.17) is 0 Å². The van der Waals surface area contributed by atoms with Gasteiger partial charge in [0.15, 0.2) is 0 Å². The maximum absolute atomic E-state index is 12.3. The molecule has 2 heterocycles. The SMILES string of the molecule is O=C(NCCc1ccccc1)N1CC(N2CCC(c3ccccc3)CC2)C1. The highest BCUT2D eigenvalue weighted by Crippen LogP contribution is 2.30. The minimum atomic E-state index is 0.0846. The normalized spacial score (nSPS) is 18.9. The van der Waals surface area contributed by atoms with Gasteiger partial charge in [0.05, 0.1) is 0 Å². The molecule has 0 radical (unpaired) electrons. The fraction of sp³-hybridized carbons (Fsp3) is 0.435. The van der Waals surface area contributed by atoms with Gasteiger partial charge in [-0.2, -0.15) is 0 Å². The zero-order chi connectivity index (χ0) is 18.5. The van der Waals surface area contributed by atoms with Gasteiger partial charge in [0, 0.05) is 25.7 Å². The molecule has 142 valence electrons. The van der Waals surface area contributed by atoms with Gasteiger partial charge < -0.3 is 10.2 Å². The lowest BCUT2D eigenvalue weighted by Gasteiger charge is -2.47. The second-order valence-corrected chi connectivity index (χ2v) is 7.75. The van der Waals surface area contributed by atoms with E-state index in [0.717, 1.165) is 32.6 Å². The number of amides is 2. The average Bonchev–Trinajstić information content (AvgIpc) is 2.69. The Morgan fingerprint density at radius 3 is 2.22 bits per heavy atom. The molecule has 2 aliphatic heterocycles. The first-order valence-electron chi connectivity index (χ1n) is 10.2. The Kier molecular flexibility index (Phi) is 5.73. The van der Waals surface area contributed by atoms with Crippen molar-refractivity contribution in [1.82, 2.24) is 15.1 Å². The van der Waals surface area contributed by atoms with Crippen molar-refractivity contribution in [3.8, 4) is 0 Å². The van der Waals surface area contributed by atoms with Gasteiger partial charge in [0.2, 0.25) is 0 Å². The summed E-state index contributed by atoms with van der Waals surface area (Å²) in [6, 6.07) is 21.8. The molecule has 0 aliphatic carbocycles. The van der Waals surface area contributed by atoms with Crippen molar-refractivity contribution in [3.63, 3.8) is 0 Å². The molecule has 1 N–H and O–H groups in total. The van der Waals surface area contributed by atoms with Crippen LogP contribution in [0.3, 0.4) is 0 Å². The number of nitrogens with zero attached hydrogens (tertiary/aromatic N) is 2. The summed E-state index contributed by atoms with van der Waals surface area (Å²) in [5.41, 5.74) is 2.74. The predicted octanol–water partition coefficient (Wildman–Crippen LogP) is 3.50. The number of carbonyl (C=O) groups is 1. The molecule has 2 amide bonds. The first kappa shape index (κ1) is 18.1. The monoisotopic (exact) mass is 363 g/mol. The van der Waals surface area contributed by atoms with Crippen molar-refractivity contribution in [3.05, 3.63) is 71.8 Å². The second-order valence-electron chi connectivity index (χ2n) is 7.75. The van der Waals surface area contributed by atoms with Crippen molar-refractivity contribution >= 4 is 6.03 Å². The maximum atomic E-state index is 12.3. The van der Waals surface area contributed by atoms with Crippen LogP contribution in [0.5, 0.6) is 0 Å². The fourth-order valence-corrected chi connectivity index (χ4v) is 4.25. The standard InChI is InChI=1S/C23H29N3O/c27-23(24-14-11-19-7-3-1-4-8-19)26-17-22(18-26)25-15-12-21(13-16-25)20-9-5-2-6-10-20/h1-10,21-22H,11-18H2,(H,24,27). The van der Waals surface area contributed by atoms with Crippen molar-refractivity contribution in [1.29, 1.82) is 0 Å². The molecular weight excluding hydrogens is 334 g/mol. The van der Waals surface area contributed by atoms with E-state index in [-0.39, 0.29) is 6.03 Å². The van der Waals surface area contributed by atoms with Crippen molar-refractivity contribution in [2.75, 3.05) is 32.7 Å². The molecule has 2 fully saturated rings. The Hall–Kier alpha value is -2.33. The fourth-order valence-electron chi connectivity index (χ4n) is 4.25. The minimum absolute atomic E-state index is 0.0846. The summed E-state index contributed by atoms with van der Waals surface area (Å²) < 4.78 is 0. The quantitative estimate of drug-likeness (QED) is 0.882. The van der Waals surface area contributed by atoms with Gasteiger partial charge in [0.25, 0.3) is 0 Å². The molecule has 0 atom stereocenters. The molecule has 2 aromatic carbocycles. The van der Waals surface area contributed by atoms with Gasteiger partial charge in [-0.1, -0.05) is 60.7 Å². The Bertz CT molecular complexity index is 720. The third kappa shape index (κ3) is 4.51. The first-order chi connectivity index (χ1) is 13.3. The summed E-state index contributed by atoms with van der Waals surface area (Å²) in [6.07, 6.45) is 3.34. The predicted molar refractivity (Wildman–Crippen MR) is 109 cm³/mol. The lowest BCUT2D eigenvalue weighted by Crippen LogP contribution is -2.63. The third-order valence-corrected chi connectivity index (χ3v) is 6.00. The summed E-state index contributed by atoms with van der Waals surface area (Å²) in [6.45, 7) is 4.73. The number of hydrogen-bond donors (Lipinski definition) is 1. The van der Waals surface area contributed by atoms with E-state index in [0.29, 0.717) is 18.5 Å². The summed E-state index contributed by atoms with van der Waals surface area (Å²) >= 11 is 0. The van der Waals surface area contributed by atoms with Crippen LogP contribution in [0.15, 0.2) is 60.7 Å². The van der Waals surface area contributed by atoms with Crippen molar-refractivity contribution < 1.29 is 4.79 Å². The molecule has 0 aromatic heterocycles. The Morgan fingerprint density at radius 2 is 1.56 bits per heavy atom. The van der Waals surface area contributed by atoms with E-state index in [2.05, 4.69) is 52.7 Å². The van der Waals surface area contributed by atoms with Crippen LogP contribution < -0.4 is 5.32 Å². The molecular formula is C23H29N3O. The number of benzene rings is 2. The van der Waals surface area contributed by atoms with E-state index in [1.165, 1.54) is 24.0 Å². The number of likely N-dealkylation sites (tertiary alicyclic amines) is 2. The van der Waals surface area contributed by atoms with Gasteiger partial charge in [-0.05, 0) is 49.4 Å². The lowest BCUT2D eigenvalue weighted by molar-refractivity contribution is 0.0415. The van der Waals surface area contributed by atoms with E-state index >= 15 is 0 Å². The van der Waals surface area contributed by atoms with Crippen LogP contribution in [0.1, 0.15) is 29.9 Å². The van der Waals surface area contributed by atoms with Crippen LogP contribution in [0.25, 0.3) is 0 Å². The van der Waals surface area contributed by atoms with Crippen LogP contribution in [0.4, 0.5) is 4.79 Å². The third-order valence-electron chi connectivity index (χ3n) is 6.00. The highest BCUT2D eigenvalue weighted by atomic mass is 16.2. The molecule has 2 aliphatic rings. The second kappa shape index (κ2) is 8.57. The molecule has 2 aromatic rings. The van der Waals surface area contributed by atoms with E-state index < -0.39 is 0 Å². The molecule has 0 spiro atoms. The molecule has 0 bridgehead atoms. The average molecular weight is 364 g/mol. The summed E-state index contributed by atoms with van der Waals surface area (Å²) in [7, 11) is 0. The highest BCUT2D eigenvalue weighted by molar-refractivity contribution is 5.75. The molecule has 2 saturated heterocycles. The minimum Gasteiger partial charge on any atom is -0.338 e. The topological polar surface area (TPSA) is 35.6 Å². The van der Waals surface area contributed by atoms with Gasteiger partial charge >= 0.3 is 6.03 Å². The van der Waals surface area contributed by atoms with Gasteiger partial charge in [-0.15, -0.1) is 0 Å². The lowest BCUT2D eigenvalue weighted by atomic mass is 9.88. The Labute approximate surface area is 162 Å². The molecule has 4 heteroatoms. The summed E-state index contributed by atoms with van der Waals surface area (Å²) in [4.78, 5) is 16.8. The number of piperidine rings is 1. The van der Waals surface area contributed by atoms with E-state index in [9.17, 15) is 4.79 Å². The number of nitrogens with one attached hydrogen (secondary N) is 1. The van der Waals surface area contributed by atoms with Gasteiger partial charge in [-0.3, -0.25) is 4.90 Å². The van der Waals surface area contributed by atoms with E-state index in [1.807, 2.05) is 23.1 Å². The molecule has 0 unspecified atom stereocenters. The smallest absolute Gasteiger partial charge is 0.317 e. The van der Waals surface area contributed by atoms with Crippen molar-refractivity contribution in [2.45, 2.75) is 31.2 Å². The van der Waals surface area contributed by atoms with Gasteiger partial charge in [0.1, 0.15) is 0 Å². The van der Waals surface area contributed by atoms with Gasteiger partial charge in [-0.25, -0.2) is 4.79 Å². The van der Waals surface area contributed by atoms with Crippen LogP contribution in [-0.4, -0.2) is 54.6 Å². The van der Waals surface area contributed by atoms with Crippen LogP contribution in [0.2, 0.25) is 0 Å². The van der Waals surface area contributed by atoms with Crippen LogP contribution in [0, 0.1) is 0 Å². The first-order valence-corrected chi connectivity index (χ1v) is 10.2. The summed E-state index contributed by atoms with van der Waals surface area (Å²) in [5, 5.41) is 3.05. The molecule has 0 saturated carbocycles.